The van der Waals surface area contributed by atoms with Gasteiger partial charge in [-0.3, -0.25) is 43.2 Å². The molecule has 0 aromatic heterocycles. The smallest absolute Gasteiger partial charge is 0.335 e. The quantitative estimate of drug-likeness (QED) is 0.0258. The van der Waals surface area contributed by atoms with Gasteiger partial charge in [-0.1, -0.05) is 71.1 Å². The molecule has 0 bridgehead atoms. The zero-order valence-electron chi connectivity index (χ0n) is 46.6. The number of carboxylic acids is 1. The third-order valence-corrected chi connectivity index (χ3v) is 12.1. The van der Waals surface area contributed by atoms with Crippen molar-refractivity contribution in [1.82, 2.24) is 42.5 Å². The lowest BCUT2D eigenvalue weighted by molar-refractivity contribution is -0.139. The maximum absolute atomic E-state index is 15.2. The van der Waals surface area contributed by atoms with Gasteiger partial charge in [-0.25, -0.2) is 4.79 Å². The van der Waals surface area contributed by atoms with Gasteiger partial charge in [0.05, 0.1) is 18.7 Å². The summed E-state index contributed by atoms with van der Waals surface area (Å²) in [5.41, 5.74) is 1.44. The van der Waals surface area contributed by atoms with Crippen molar-refractivity contribution in [2.45, 2.75) is 193 Å². The minimum atomic E-state index is -1.79. The number of allylic oxidation sites excluding steroid dienone is 4. The molecule has 0 aliphatic carbocycles. The first kappa shape index (κ1) is 68.0. The van der Waals surface area contributed by atoms with Crippen LogP contribution in [0.25, 0.3) is 0 Å². The molecular formula is C55H87N9O13. The summed E-state index contributed by atoms with van der Waals surface area (Å²) in [6.45, 7) is 16.1. The molecule has 5 atom stereocenters. The van der Waals surface area contributed by atoms with Crippen LogP contribution in [0.4, 0.5) is 0 Å². The minimum absolute atomic E-state index is 0.00367. The summed E-state index contributed by atoms with van der Waals surface area (Å²) < 4.78 is 4.77. The van der Waals surface area contributed by atoms with Crippen LogP contribution in [0.5, 0.6) is 0 Å². The number of primary amides is 1. The van der Waals surface area contributed by atoms with Gasteiger partial charge in [-0.2, -0.15) is 0 Å². The first-order valence-electron chi connectivity index (χ1n) is 26.4. The van der Waals surface area contributed by atoms with Crippen LogP contribution < -0.4 is 48.3 Å². The normalized spacial score (nSPS) is 14.0. The molecule has 0 radical (unpaired) electrons. The van der Waals surface area contributed by atoms with Crippen LogP contribution in [0.3, 0.4) is 0 Å². The number of unbranched alkanes of at least 4 members (excludes halogenated alkanes) is 5. The number of nitrogens with two attached hydrogens (primary N) is 1. The highest BCUT2D eigenvalue weighted by molar-refractivity contribution is 6.00. The van der Waals surface area contributed by atoms with E-state index in [-0.39, 0.29) is 43.4 Å². The van der Waals surface area contributed by atoms with Crippen molar-refractivity contribution in [1.29, 1.82) is 0 Å². The van der Waals surface area contributed by atoms with Crippen LogP contribution in [0.1, 0.15) is 162 Å². The molecule has 0 saturated heterocycles. The number of nitrogens with one attached hydrogen (secondary N) is 8. The second-order valence-corrected chi connectivity index (χ2v) is 21.2. The lowest BCUT2D eigenvalue weighted by Gasteiger charge is -2.37. The highest BCUT2D eigenvalue weighted by atomic mass is 16.5. The van der Waals surface area contributed by atoms with Crippen LogP contribution in [0, 0.1) is 5.41 Å². The molecular weight excluding hydrogens is 995 g/mol. The summed E-state index contributed by atoms with van der Waals surface area (Å²) in [5.74, 6) is -7.56. The molecule has 77 heavy (non-hydrogen) atoms. The summed E-state index contributed by atoms with van der Waals surface area (Å²) in [6, 6.07) is 0.396. The predicted molar refractivity (Wildman–Crippen MR) is 290 cm³/mol. The van der Waals surface area contributed by atoms with E-state index in [1.807, 2.05) is 39.0 Å². The Morgan fingerprint density at radius 2 is 1.30 bits per heavy atom. The number of hydrogen-bond acceptors (Lipinski definition) is 13. The molecule has 8 amide bonds. The Hall–Kier alpha value is -6.97. The molecule has 1 aromatic rings. The van der Waals surface area contributed by atoms with Crippen LogP contribution in [0.15, 0.2) is 48.6 Å². The Balaban J connectivity index is 3.91. The number of carboxylic acid groups (broad SMARTS) is 1. The van der Waals surface area contributed by atoms with Gasteiger partial charge in [0.2, 0.25) is 47.3 Å². The highest BCUT2D eigenvalue weighted by Gasteiger charge is 2.43. The molecule has 0 aliphatic heterocycles. The summed E-state index contributed by atoms with van der Waals surface area (Å²) >= 11 is 0. The number of aromatic carboxylic acids is 1. The molecule has 0 fully saturated rings. The first-order chi connectivity index (χ1) is 36.2. The number of ether oxygens (including phenoxy) is 1. The third-order valence-electron chi connectivity index (χ3n) is 12.1. The Kier molecular flexibility index (Phi) is 31.3. The fourth-order valence-electron chi connectivity index (χ4n) is 7.83. The van der Waals surface area contributed by atoms with Crippen LogP contribution in [0.2, 0.25) is 0 Å². The fourth-order valence-corrected chi connectivity index (χ4v) is 7.83. The average molecular weight is 1080 g/mol. The number of benzene rings is 1. The van der Waals surface area contributed by atoms with Gasteiger partial charge >= 0.3 is 5.97 Å². The monoisotopic (exact) mass is 1080 g/mol. The standard InChI is InChI=1S/C55H87N9O13/c1-37(2)57-29-21-17-13-10-11-15-19-27-55(28-20-16-12-14-18-22-31-77-36-66,64-49(72)44(34-53(5,6)7)60-45(68)35-58-39(4)67)52(76)62-42(26-30-65)47(70)61-43(33-40-24-23-25-41(32-40)50(73)74)48(71)63-54(8,9)51(75)59-38(3)46(56)69/h10-12,14,23-25,30,32,36-38,42-44,57H,13,15-22,26-29,31,33-35H2,1-9H3,(H2,56,69)(H,58,67)(H,59,75)(H,60,68)(H,61,70)(H,62,76)(H,63,71)(H,64,72)(H,73,74)/b11-10+,14-12+/t38?,42?,43?,44-,55?/m0/s1. The van der Waals surface area contributed by atoms with Gasteiger partial charge in [0.15, 0.2) is 0 Å². The zero-order valence-corrected chi connectivity index (χ0v) is 46.6. The zero-order chi connectivity index (χ0) is 58.2. The molecule has 4 unspecified atom stereocenters. The molecule has 0 saturated carbocycles. The second-order valence-electron chi connectivity index (χ2n) is 21.2. The Morgan fingerprint density at radius 3 is 1.84 bits per heavy atom. The molecule has 0 spiro atoms. The average Bonchev–Trinajstić information content (AvgIpc) is 3.34. The molecule has 22 nitrogen and oxygen atoms in total. The van der Waals surface area contributed by atoms with E-state index in [4.69, 9.17) is 10.5 Å². The van der Waals surface area contributed by atoms with Crippen molar-refractivity contribution in [3.63, 3.8) is 0 Å². The van der Waals surface area contributed by atoms with E-state index >= 15 is 4.79 Å². The van der Waals surface area contributed by atoms with Crippen molar-refractivity contribution in [3.05, 3.63) is 59.7 Å². The van der Waals surface area contributed by atoms with E-state index in [2.05, 4.69) is 62.5 Å². The largest absolute Gasteiger partial charge is 0.478 e. The number of rotatable bonds is 39. The van der Waals surface area contributed by atoms with Crippen molar-refractivity contribution < 1.29 is 62.6 Å². The van der Waals surface area contributed by atoms with E-state index < -0.39 is 107 Å². The number of hydrogen-bond donors (Lipinski definition) is 10. The fraction of sp³-hybridized carbons (Fsp3) is 0.618. The molecule has 0 heterocycles. The van der Waals surface area contributed by atoms with E-state index in [1.54, 1.807) is 0 Å². The topological polar surface area (TPSA) is 339 Å². The molecule has 1 aromatic carbocycles. The molecule has 22 heteroatoms. The number of carbonyl (C=O) groups is 11. The van der Waals surface area contributed by atoms with Gasteiger partial charge in [-0.15, -0.1) is 0 Å². The van der Waals surface area contributed by atoms with E-state index in [9.17, 15) is 53.1 Å². The second kappa shape index (κ2) is 35.4. The SMILES string of the molecule is CC(=O)NCC(=O)N[C@@H](CC(C)(C)C)C(=O)NC(CCC/C=C/CCCCNC(C)C)(CCC/C=C/CCCOC=O)C(=O)NC(CC=O)C(=O)NC(Cc1cccc(C(=O)O)c1)C(=O)NC(C)(C)C(=O)NC(C)C(N)=O. The maximum atomic E-state index is 15.2. The van der Waals surface area contributed by atoms with Crippen molar-refractivity contribution in [2.75, 3.05) is 19.7 Å². The van der Waals surface area contributed by atoms with Crippen molar-refractivity contribution in [2.24, 2.45) is 11.1 Å². The van der Waals surface area contributed by atoms with Crippen LogP contribution >= 0.6 is 0 Å². The minimum Gasteiger partial charge on any atom is -0.478 e. The van der Waals surface area contributed by atoms with Crippen LogP contribution in [-0.4, -0.2) is 132 Å². The van der Waals surface area contributed by atoms with Crippen molar-refractivity contribution in [3.8, 4) is 0 Å². The summed E-state index contributed by atoms with van der Waals surface area (Å²) in [5, 5.41) is 31.4. The number of carbonyl (C=O) groups excluding carboxylic acids is 10. The predicted octanol–water partition coefficient (Wildman–Crippen LogP) is 2.86. The maximum Gasteiger partial charge on any atom is 0.335 e. The Bertz CT molecular complexity index is 2190. The number of aldehydes is 1. The molecule has 11 N–H and O–H groups in total. The lowest BCUT2D eigenvalue weighted by Crippen LogP contribution is -2.65. The third kappa shape index (κ3) is 28.7. The lowest BCUT2D eigenvalue weighted by atomic mass is 9.83. The van der Waals surface area contributed by atoms with E-state index in [1.165, 1.54) is 52.0 Å². The molecule has 0 aliphatic rings. The van der Waals surface area contributed by atoms with E-state index in [0.717, 1.165) is 25.8 Å². The van der Waals surface area contributed by atoms with Gasteiger partial charge in [0.25, 0.3) is 6.47 Å². The highest BCUT2D eigenvalue weighted by Crippen LogP contribution is 2.27. The summed E-state index contributed by atoms with van der Waals surface area (Å²) in [4.78, 5) is 143. The summed E-state index contributed by atoms with van der Waals surface area (Å²) in [7, 11) is 0. The summed E-state index contributed by atoms with van der Waals surface area (Å²) in [6.07, 6.45) is 12.9. The molecule has 430 valence electrons. The van der Waals surface area contributed by atoms with E-state index in [0.29, 0.717) is 57.3 Å². The molecule has 1 rings (SSSR count). The Labute approximate surface area is 453 Å². The van der Waals surface area contributed by atoms with Gasteiger partial charge in [0.1, 0.15) is 41.5 Å². The van der Waals surface area contributed by atoms with Crippen LogP contribution in [-0.2, 0) is 59.1 Å². The Morgan fingerprint density at radius 1 is 0.701 bits per heavy atom. The van der Waals surface area contributed by atoms with Gasteiger partial charge < -0.3 is 62.9 Å². The first-order valence-corrected chi connectivity index (χ1v) is 26.4. The van der Waals surface area contributed by atoms with Gasteiger partial charge in [-0.05, 0) is 127 Å². The van der Waals surface area contributed by atoms with Gasteiger partial charge in [0, 0.05) is 25.8 Å². The van der Waals surface area contributed by atoms with Crippen molar-refractivity contribution >= 4 is 66.0 Å². The number of amides is 8.